The maximum atomic E-state index is 13.2. The van der Waals surface area contributed by atoms with Crippen LogP contribution in [0.4, 0.5) is 0 Å². The molecule has 1 aromatic heterocycles. The lowest BCUT2D eigenvalue weighted by Crippen LogP contribution is -2.56. The minimum atomic E-state index is -0.936. The predicted octanol–water partition coefficient (Wildman–Crippen LogP) is 3.23. The highest BCUT2D eigenvalue weighted by molar-refractivity contribution is 5.82. The maximum absolute atomic E-state index is 13.2. The molecule has 0 amide bonds. The number of nitrogens with zero attached hydrogens (tertiary/aromatic N) is 3. The number of fused-ring (bicyclic) bond motifs is 5. The number of rotatable bonds is 3. The van der Waals surface area contributed by atoms with E-state index in [1.807, 2.05) is 0 Å². The molecule has 6 nitrogen and oxygen atoms in total. The maximum Gasteiger partial charge on any atom is 0.159 e. The molecule has 0 spiro atoms. The van der Waals surface area contributed by atoms with E-state index in [0.717, 1.165) is 38.5 Å². The molecular weight excluding hydrogens is 402 g/mol. The van der Waals surface area contributed by atoms with Crippen LogP contribution < -0.4 is 0 Å². The second-order valence-electron chi connectivity index (χ2n) is 11.6. The van der Waals surface area contributed by atoms with E-state index >= 15 is 0 Å². The van der Waals surface area contributed by atoms with Gasteiger partial charge in [0.15, 0.2) is 5.78 Å². The molecule has 32 heavy (non-hydrogen) atoms. The van der Waals surface area contributed by atoms with Crippen molar-refractivity contribution < 1.29 is 15.0 Å². The largest absolute Gasteiger partial charge is 0.384 e. The summed E-state index contributed by atoms with van der Waals surface area (Å²) >= 11 is 0. The molecule has 4 aliphatic rings. The predicted molar refractivity (Wildman–Crippen MR) is 120 cm³/mol. The summed E-state index contributed by atoms with van der Waals surface area (Å²) in [6, 6.07) is 0. The smallest absolute Gasteiger partial charge is 0.159 e. The van der Waals surface area contributed by atoms with Crippen molar-refractivity contribution in [2.75, 3.05) is 6.61 Å². The first kappa shape index (κ1) is 22.1. The topological polar surface area (TPSA) is 88.2 Å². The number of aliphatic hydroxyl groups excluding tert-OH is 1. The zero-order chi connectivity index (χ0) is 22.6. The second kappa shape index (κ2) is 7.95. The minimum Gasteiger partial charge on any atom is -0.384 e. The summed E-state index contributed by atoms with van der Waals surface area (Å²) in [7, 11) is 0. The van der Waals surface area contributed by atoms with Gasteiger partial charge in [-0.1, -0.05) is 25.7 Å². The van der Waals surface area contributed by atoms with E-state index in [1.165, 1.54) is 17.6 Å². The summed E-state index contributed by atoms with van der Waals surface area (Å²) < 4.78 is 0. The number of hydrogen-bond acceptors (Lipinski definition) is 5. The monoisotopic (exact) mass is 439 g/mol. The van der Waals surface area contributed by atoms with E-state index in [1.54, 1.807) is 12.4 Å². The Morgan fingerprint density at radius 1 is 1.03 bits per heavy atom. The quantitative estimate of drug-likeness (QED) is 0.706. The van der Waals surface area contributed by atoms with Crippen molar-refractivity contribution in [3.8, 4) is 11.8 Å². The molecule has 1 heterocycles. The number of aromatic nitrogens is 3. The molecule has 174 valence electrons. The molecule has 0 unspecified atom stereocenters. The van der Waals surface area contributed by atoms with Crippen molar-refractivity contribution in [1.29, 1.82) is 0 Å². The molecule has 2 N–H and O–H groups in total. The highest BCUT2D eigenvalue weighted by Gasteiger charge is 2.62. The fourth-order valence-electron chi connectivity index (χ4n) is 8.67. The van der Waals surface area contributed by atoms with Crippen molar-refractivity contribution in [1.82, 2.24) is 15.0 Å². The third-order valence-corrected chi connectivity index (χ3v) is 10.3. The normalized spacial score (nSPS) is 45.2. The van der Waals surface area contributed by atoms with Crippen LogP contribution in [-0.4, -0.2) is 43.2 Å². The van der Waals surface area contributed by atoms with Crippen LogP contribution in [-0.2, 0) is 11.3 Å². The van der Waals surface area contributed by atoms with Crippen molar-refractivity contribution in [2.24, 2.45) is 40.4 Å². The highest BCUT2D eigenvalue weighted by Crippen LogP contribution is 2.68. The first-order chi connectivity index (χ1) is 15.3. The van der Waals surface area contributed by atoms with Crippen LogP contribution in [0.5, 0.6) is 0 Å². The zero-order valence-electron chi connectivity index (χ0n) is 19.5. The molecule has 0 bridgehead atoms. The average molecular weight is 440 g/mol. The van der Waals surface area contributed by atoms with Gasteiger partial charge in [0.2, 0.25) is 0 Å². The Balaban J connectivity index is 1.33. The number of aliphatic hydroxyl groups is 2. The van der Waals surface area contributed by atoms with Crippen LogP contribution in [0.15, 0.2) is 12.4 Å². The van der Waals surface area contributed by atoms with Crippen LogP contribution in [0.1, 0.15) is 71.6 Å². The first-order valence-corrected chi connectivity index (χ1v) is 12.5. The molecule has 0 saturated heterocycles. The average Bonchev–Trinajstić information content (AvgIpc) is 3.40. The third kappa shape index (κ3) is 3.44. The molecular formula is C26H37N3O3. The Morgan fingerprint density at radius 3 is 2.53 bits per heavy atom. The summed E-state index contributed by atoms with van der Waals surface area (Å²) in [5, 5.41) is 28.4. The molecule has 4 fully saturated rings. The molecule has 0 aromatic carbocycles. The van der Waals surface area contributed by atoms with Gasteiger partial charge >= 0.3 is 0 Å². The Bertz CT molecular complexity index is 920. The molecule has 5 rings (SSSR count). The highest BCUT2D eigenvalue weighted by atomic mass is 16.3. The molecule has 4 saturated carbocycles. The van der Waals surface area contributed by atoms with Gasteiger partial charge in [0.25, 0.3) is 0 Å². The SMILES string of the molecule is C[C@]12CC[C@](O)(C#CCO)C[C@H]1CC[C@@H]1[C@@H]2CC[C@]2(C)[C@@H](C(=O)Cn3nccn3)CC[C@@H]12. The second-order valence-corrected chi connectivity index (χ2v) is 11.6. The van der Waals surface area contributed by atoms with Crippen molar-refractivity contribution >= 4 is 5.78 Å². The molecule has 0 radical (unpaired) electrons. The molecule has 8 atom stereocenters. The fraction of sp³-hybridized carbons (Fsp3) is 0.808. The van der Waals surface area contributed by atoms with E-state index in [2.05, 4.69) is 35.9 Å². The standard InChI is InChI=1S/C26H37N3O3/c1-24-11-12-26(32,9-3-15-30)16-18(24)4-5-19-20-6-7-22(25(20,2)10-8-21(19)24)23(31)17-29-27-13-14-28-29/h13-14,18-22,30,32H,4-8,10-12,15-17H2,1-2H3/t18-,19+,20+,21+,22-,24+,25+,26-/m1/s1. The van der Waals surface area contributed by atoms with Gasteiger partial charge in [-0.3, -0.25) is 4.79 Å². The first-order valence-electron chi connectivity index (χ1n) is 12.5. The molecule has 0 aliphatic heterocycles. The van der Waals surface area contributed by atoms with Gasteiger partial charge < -0.3 is 10.2 Å². The van der Waals surface area contributed by atoms with E-state index < -0.39 is 5.60 Å². The van der Waals surface area contributed by atoms with Crippen molar-refractivity contribution in [3.63, 3.8) is 0 Å². The molecule has 4 aliphatic carbocycles. The van der Waals surface area contributed by atoms with Gasteiger partial charge in [-0.05, 0) is 92.3 Å². The third-order valence-electron chi connectivity index (χ3n) is 10.3. The number of hydrogen-bond donors (Lipinski definition) is 2. The summed E-state index contributed by atoms with van der Waals surface area (Å²) in [6.45, 7) is 4.96. The lowest BCUT2D eigenvalue weighted by Gasteiger charge is -2.61. The van der Waals surface area contributed by atoms with Gasteiger partial charge in [-0.2, -0.15) is 15.0 Å². The van der Waals surface area contributed by atoms with E-state index in [4.69, 9.17) is 5.11 Å². The summed E-state index contributed by atoms with van der Waals surface area (Å²) in [5.74, 6) is 8.55. The Morgan fingerprint density at radius 2 is 1.78 bits per heavy atom. The summed E-state index contributed by atoms with van der Waals surface area (Å²) in [6.07, 6.45) is 12.5. The van der Waals surface area contributed by atoms with E-state index in [9.17, 15) is 9.90 Å². The van der Waals surface area contributed by atoms with Gasteiger partial charge in [0.1, 0.15) is 18.8 Å². The summed E-state index contributed by atoms with van der Waals surface area (Å²) in [4.78, 5) is 14.7. The number of ketones is 1. The molecule has 1 aromatic rings. The Hall–Kier alpha value is -1.71. The fourth-order valence-corrected chi connectivity index (χ4v) is 8.67. The van der Waals surface area contributed by atoms with Crippen LogP contribution in [0.3, 0.4) is 0 Å². The Labute approximate surface area is 191 Å². The minimum absolute atomic E-state index is 0.0939. The van der Waals surface area contributed by atoms with E-state index in [-0.39, 0.29) is 23.4 Å². The van der Waals surface area contributed by atoms with E-state index in [0.29, 0.717) is 42.4 Å². The van der Waals surface area contributed by atoms with Crippen molar-refractivity contribution in [3.05, 3.63) is 12.4 Å². The van der Waals surface area contributed by atoms with Crippen LogP contribution in [0, 0.1) is 52.3 Å². The lowest BCUT2D eigenvalue weighted by molar-refractivity contribution is -0.145. The lowest BCUT2D eigenvalue weighted by atomic mass is 9.44. The van der Waals surface area contributed by atoms with Gasteiger partial charge in [-0.15, -0.1) is 0 Å². The Kier molecular flexibility index (Phi) is 5.49. The molecule has 6 heteroatoms. The number of carbonyl (C=O) groups excluding carboxylic acids is 1. The number of Topliss-reactive ketones (excluding diaryl/α,β-unsaturated/α-hetero) is 1. The van der Waals surface area contributed by atoms with Crippen LogP contribution in [0.25, 0.3) is 0 Å². The van der Waals surface area contributed by atoms with Gasteiger partial charge in [0, 0.05) is 5.92 Å². The number of carbonyl (C=O) groups is 1. The van der Waals surface area contributed by atoms with Crippen LogP contribution >= 0.6 is 0 Å². The van der Waals surface area contributed by atoms with Crippen LogP contribution in [0.2, 0.25) is 0 Å². The summed E-state index contributed by atoms with van der Waals surface area (Å²) in [5.41, 5.74) is -0.594. The zero-order valence-corrected chi connectivity index (χ0v) is 19.5. The van der Waals surface area contributed by atoms with Gasteiger partial charge in [-0.25, -0.2) is 0 Å². The van der Waals surface area contributed by atoms with Crippen molar-refractivity contribution in [2.45, 2.75) is 83.8 Å². The van der Waals surface area contributed by atoms with Gasteiger partial charge in [0.05, 0.1) is 12.4 Å².